The average molecular weight is 383 g/mol. The van der Waals surface area contributed by atoms with Gasteiger partial charge in [-0.15, -0.1) is 0 Å². The standard InChI is InChI=1S/C23H21N5O/c1-23(2)27-22(29)17-9-8-16(18-13-26-21-20(18)24-10-11-25-21)12-19(17)28(23)14-15-6-4-3-5-7-15/h3-13H,14H2,1-2H3,(H,25,26)(H,27,29). The summed E-state index contributed by atoms with van der Waals surface area (Å²) in [6.07, 6.45) is 5.28. The number of carbonyl (C=O) groups excluding carboxylic acids is 1. The number of fused-ring (bicyclic) bond motifs is 2. The van der Waals surface area contributed by atoms with E-state index in [4.69, 9.17) is 0 Å². The second kappa shape index (κ2) is 6.44. The van der Waals surface area contributed by atoms with Gasteiger partial charge in [0.1, 0.15) is 11.2 Å². The van der Waals surface area contributed by atoms with Crippen LogP contribution in [-0.4, -0.2) is 26.5 Å². The van der Waals surface area contributed by atoms with Crippen LogP contribution >= 0.6 is 0 Å². The van der Waals surface area contributed by atoms with Crippen LogP contribution in [0.3, 0.4) is 0 Å². The summed E-state index contributed by atoms with van der Waals surface area (Å²) in [6.45, 7) is 4.75. The number of rotatable bonds is 3. The molecule has 1 amide bonds. The molecule has 29 heavy (non-hydrogen) atoms. The Balaban J connectivity index is 1.65. The van der Waals surface area contributed by atoms with Gasteiger partial charge in [-0.05, 0) is 37.1 Å². The first-order valence-corrected chi connectivity index (χ1v) is 9.59. The van der Waals surface area contributed by atoms with Gasteiger partial charge in [0.25, 0.3) is 5.91 Å². The van der Waals surface area contributed by atoms with E-state index in [1.54, 1.807) is 12.4 Å². The molecule has 144 valence electrons. The Morgan fingerprint density at radius 3 is 2.62 bits per heavy atom. The number of carbonyl (C=O) groups is 1. The van der Waals surface area contributed by atoms with E-state index in [1.165, 1.54) is 5.56 Å². The lowest BCUT2D eigenvalue weighted by atomic mass is 9.97. The van der Waals surface area contributed by atoms with Gasteiger partial charge in [0.2, 0.25) is 0 Å². The minimum absolute atomic E-state index is 0.0559. The number of aromatic amines is 1. The first-order chi connectivity index (χ1) is 14.0. The number of hydrogen-bond acceptors (Lipinski definition) is 4. The van der Waals surface area contributed by atoms with Crippen LogP contribution in [0.15, 0.2) is 67.1 Å². The number of aromatic nitrogens is 3. The van der Waals surface area contributed by atoms with E-state index in [2.05, 4.69) is 43.4 Å². The number of hydrogen-bond donors (Lipinski definition) is 2. The highest BCUT2D eigenvalue weighted by atomic mass is 16.2. The summed E-state index contributed by atoms with van der Waals surface area (Å²) in [5.41, 5.74) is 5.80. The first kappa shape index (κ1) is 17.4. The zero-order chi connectivity index (χ0) is 20.0. The summed E-state index contributed by atoms with van der Waals surface area (Å²) in [4.78, 5) is 27.0. The molecule has 0 aliphatic carbocycles. The van der Waals surface area contributed by atoms with Gasteiger partial charge in [-0.2, -0.15) is 0 Å². The molecule has 0 saturated heterocycles. The molecule has 0 saturated carbocycles. The van der Waals surface area contributed by atoms with Crippen molar-refractivity contribution < 1.29 is 4.79 Å². The molecule has 2 aromatic heterocycles. The van der Waals surface area contributed by atoms with Crippen molar-refractivity contribution in [2.75, 3.05) is 4.90 Å². The van der Waals surface area contributed by atoms with Crippen LogP contribution in [0.1, 0.15) is 29.8 Å². The number of nitrogens with zero attached hydrogens (tertiary/aromatic N) is 3. The van der Waals surface area contributed by atoms with Crippen molar-refractivity contribution in [2.24, 2.45) is 0 Å². The van der Waals surface area contributed by atoms with Crippen molar-refractivity contribution in [1.82, 2.24) is 20.3 Å². The van der Waals surface area contributed by atoms with Gasteiger partial charge in [0.15, 0.2) is 5.65 Å². The third kappa shape index (κ3) is 2.93. The van der Waals surface area contributed by atoms with E-state index in [1.807, 2.05) is 50.4 Å². The van der Waals surface area contributed by atoms with Gasteiger partial charge >= 0.3 is 0 Å². The predicted octanol–water partition coefficient (Wildman–Crippen LogP) is 4.11. The summed E-state index contributed by atoms with van der Waals surface area (Å²) in [7, 11) is 0. The zero-order valence-electron chi connectivity index (χ0n) is 16.3. The smallest absolute Gasteiger partial charge is 0.255 e. The predicted molar refractivity (Wildman–Crippen MR) is 113 cm³/mol. The molecule has 0 spiro atoms. The van der Waals surface area contributed by atoms with E-state index in [-0.39, 0.29) is 5.91 Å². The fourth-order valence-corrected chi connectivity index (χ4v) is 3.95. The van der Waals surface area contributed by atoms with Crippen molar-refractivity contribution in [3.05, 3.63) is 78.2 Å². The molecule has 3 heterocycles. The largest absolute Gasteiger partial charge is 0.344 e. The van der Waals surface area contributed by atoms with Crippen LogP contribution in [0.4, 0.5) is 5.69 Å². The van der Waals surface area contributed by atoms with Crippen LogP contribution in [0.25, 0.3) is 22.3 Å². The fraction of sp³-hybridized carbons (Fsp3) is 0.174. The minimum Gasteiger partial charge on any atom is -0.344 e. The normalized spacial score (nSPS) is 15.2. The SMILES string of the molecule is CC1(C)NC(=O)c2ccc(-c3c[nH]c4nccnc34)cc2N1Cc1ccccc1. The molecule has 0 radical (unpaired) electrons. The summed E-state index contributed by atoms with van der Waals surface area (Å²) in [6, 6.07) is 16.2. The molecule has 0 atom stereocenters. The summed E-state index contributed by atoms with van der Waals surface area (Å²) >= 11 is 0. The molecule has 2 aromatic carbocycles. The maximum atomic E-state index is 12.7. The van der Waals surface area contributed by atoms with E-state index in [0.29, 0.717) is 12.1 Å². The maximum Gasteiger partial charge on any atom is 0.255 e. The van der Waals surface area contributed by atoms with Crippen molar-refractivity contribution in [3.8, 4) is 11.1 Å². The fourth-order valence-electron chi connectivity index (χ4n) is 3.95. The summed E-state index contributed by atoms with van der Waals surface area (Å²) in [5.74, 6) is -0.0559. The highest BCUT2D eigenvalue weighted by Gasteiger charge is 2.36. The van der Waals surface area contributed by atoms with Crippen LogP contribution in [0.2, 0.25) is 0 Å². The van der Waals surface area contributed by atoms with Crippen molar-refractivity contribution in [3.63, 3.8) is 0 Å². The maximum absolute atomic E-state index is 12.7. The second-order valence-corrected chi connectivity index (χ2v) is 7.77. The Morgan fingerprint density at radius 2 is 1.79 bits per heavy atom. The summed E-state index contributed by atoms with van der Waals surface area (Å²) < 4.78 is 0. The number of nitrogens with one attached hydrogen (secondary N) is 2. The summed E-state index contributed by atoms with van der Waals surface area (Å²) in [5, 5.41) is 3.12. The Kier molecular flexibility index (Phi) is 3.87. The van der Waals surface area contributed by atoms with E-state index in [9.17, 15) is 4.79 Å². The minimum atomic E-state index is -0.515. The van der Waals surface area contributed by atoms with Crippen LogP contribution < -0.4 is 10.2 Å². The number of H-pyrrole nitrogens is 1. The van der Waals surface area contributed by atoms with E-state index in [0.717, 1.165) is 28.0 Å². The number of anilines is 1. The monoisotopic (exact) mass is 383 g/mol. The van der Waals surface area contributed by atoms with Crippen molar-refractivity contribution in [2.45, 2.75) is 26.1 Å². The van der Waals surface area contributed by atoms with Gasteiger partial charge in [-0.25, -0.2) is 4.98 Å². The van der Waals surface area contributed by atoms with Crippen LogP contribution in [0, 0.1) is 0 Å². The van der Waals surface area contributed by atoms with Gasteiger partial charge in [0, 0.05) is 30.7 Å². The molecular weight excluding hydrogens is 362 g/mol. The molecule has 6 heteroatoms. The van der Waals surface area contributed by atoms with Gasteiger partial charge in [-0.1, -0.05) is 36.4 Å². The quantitative estimate of drug-likeness (QED) is 0.558. The lowest BCUT2D eigenvalue weighted by Crippen LogP contribution is -2.60. The van der Waals surface area contributed by atoms with Gasteiger partial charge in [-0.3, -0.25) is 9.78 Å². The number of benzene rings is 2. The van der Waals surface area contributed by atoms with E-state index >= 15 is 0 Å². The molecule has 5 rings (SSSR count). The van der Waals surface area contributed by atoms with Crippen molar-refractivity contribution >= 4 is 22.8 Å². The molecular formula is C23H21N5O. The first-order valence-electron chi connectivity index (χ1n) is 9.59. The Morgan fingerprint density at radius 1 is 1.00 bits per heavy atom. The molecule has 1 aliphatic rings. The van der Waals surface area contributed by atoms with E-state index < -0.39 is 5.66 Å². The second-order valence-electron chi connectivity index (χ2n) is 7.77. The lowest BCUT2D eigenvalue weighted by molar-refractivity contribution is 0.0897. The highest BCUT2D eigenvalue weighted by Crippen LogP contribution is 2.37. The van der Waals surface area contributed by atoms with Crippen molar-refractivity contribution in [1.29, 1.82) is 0 Å². The molecule has 6 nitrogen and oxygen atoms in total. The molecule has 0 unspecified atom stereocenters. The molecule has 0 fully saturated rings. The average Bonchev–Trinajstić information content (AvgIpc) is 3.15. The van der Waals surface area contributed by atoms with Gasteiger partial charge in [0.05, 0.1) is 11.3 Å². The Labute approximate surface area is 168 Å². The third-order valence-corrected chi connectivity index (χ3v) is 5.43. The Bertz CT molecular complexity index is 1210. The molecule has 2 N–H and O–H groups in total. The topological polar surface area (TPSA) is 73.9 Å². The third-order valence-electron chi connectivity index (χ3n) is 5.43. The lowest BCUT2D eigenvalue weighted by Gasteiger charge is -2.45. The van der Waals surface area contributed by atoms with Crippen LogP contribution in [0.5, 0.6) is 0 Å². The zero-order valence-corrected chi connectivity index (χ0v) is 16.3. The highest BCUT2D eigenvalue weighted by molar-refractivity contribution is 6.04. The van der Waals surface area contributed by atoms with Crippen LogP contribution in [-0.2, 0) is 6.54 Å². The molecule has 0 bridgehead atoms. The molecule has 4 aromatic rings. The van der Waals surface area contributed by atoms with Gasteiger partial charge < -0.3 is 15.2 Å². The number of amides is 1. The molecule has 1 aliphatic heterocycles. The Hall–Kier alpha value is -3.67.